The van der Waals surface area contributed by atoms with Crippen molar-refractivity contribution in [1.82, 2.24) is 5.32 Å². The normalized spacial score (nSPS) is 28.9. The van der Waals surface area contributed by atoms with Gasteiger partial charge in [0.15, 0.2) is 5.17 Å². The molecule has 0 spiro atoms. The summed E-state index contributed by atoms with van der Waals surface area (Å²) in [4.78, 5) is 4.55. The summed E-state index contributed by atoms with van der Waals surface area (Å²) in [5, 5.41) is 5.54. The third-order valence-corrected chi connectivity index (χ3v) is 4.39. The zero-order valence-corrected chi connectivity index (χ0v) is 9.78. The highest BCUT2D eigenvalue weighted by Crippen LogP contribution is 2.24. The van der Waals surface area contributed by atoms with Crippen LogP contribution in [0.2, 0.25) is 0 Å². The van der Waals surface area contributed by atoms with E-state index in [1.165, 1.54) is 43.7 Å². The van der Waals surface area contributed by atoms with Crippen molar-refractivity contribution < 1.29 is 0 Å². The van der Waals surface area contributed by atoms with E-state index < -0.39 is 0 Å². The Hall–Kier alpha value is -0.180. The van der Waals surface area contributed by atoms with Gasteiger partial charge >= 0.3 is 0 Å². The number of aliphatic imine (C=N–C) groups is 1. The molecule has 1 aliphatic heterocycles. The number of nitrogens with zero attached hydrogens (tertiary/aromatic N) is 1. The van der Waals surface area contributed by atoms with Crippen LogP contribution in [0, 0.1) is 0 Å². The summed E-state index contributed by atoms with van der Waals surface area (Å²) in [6.45, 7) is 3.27. The highest BCUT2D eigenvalue weighted by molar-refractivity contribution is 8.14. The summed E-state index contributed by atoms with van der Waals surface area (Å²) in [5.41, 5.74) is 0. The maximum atomic E-state index is 4.55. The Bertz CT molecular complexity index is 209. The highest BCUT2D eigenvalue weighted by atomic mass is 32.2. The number of hydrogen-bond donors (Lipinski definition) is 1. The first-order chi connectivity index (χ1) is 6.88. The Balaban J connectivity index is 1.75. The Morgan fingerprint density at radius 3 is 2.79 bits per heavy atom. The van der Waals surface area contributed by atoms with Gasteiger partial charge in [-0.05, 0) is 19.3 Å². The molecule has 1 heterocycles. The highest BCUT2D eigenvalue weighted by Gasteiger charge is 2.21. The molecule has 80 valence electrons. The third-order valence-electron chi connectivity index (χ3n) is 3.10. The largest absolute Gasteiger partial charge is 0.362 e. The van der Waals surface area contributed by atoms with Crippen LogP contribution in [0.4, 0.5) is 0 Å². The maximum Gasteiger partial charge on any atom is 0.157 e. The minimum atomic E-state index is 0.714. The third kappa shape index (κ3) is 2.66. The van der Waals surface area contributed by atoms with Crippen LogP contribution in [0.5, 0.6) is 0 Å². The van der Waals surface area contributed by atoms with E-state index in [1.54, 1.807) is 0 Å². The quantitative estimate of drug-likeness (QED) is 0.761. The van der Waals surface area contributed by atoms with Gasteiger partial charge in [-0.2, -0.15) is 0 Å². The van der Waals surface area contributed by atoms with E-state index in [9.17, 15) is 0 Å². The van der Waals surface area contributed by atoms with Crippen molar-refractivity contribution in [3.63, 3.8) is 0 Å². The number of rotatable bonds is 2. The standard InChI is InChI=1S/C11H20N2S/c1-2-10-8-12-11(14-10)13-9-6-4-3-5-7-9/h9-10H,2-8H2,1H3,(H,12,13). The molecule has 0 aromatic carbocycles. The number of amidine groups is 1. The van der Waals surface area contributed by atoms with Crippen LogP contribution in [-0.2, 0) is 0 Å². The minimum Gasteiger partial charge on any atom is -0.362 e. The molecule has 0 radical (unpaired) electrons. The van der Waals surface area contributed by atoms with Gasteiger partial charge in [-0.15, -0.1) is 0 Å². The van der Waals surface area contributed by atoms with Gasteiger partial charge in [-0.25, -0.2) is 0 Å². The molecule has 14 heavy (non-hydrogen) atoms. The first-order valence-corrected chi connectivity index (χ1v) is 6.74. The van der Waals surface area contributed by atoms with Crippen molar-refractivity contribution in [3.05, 3.63) is 0 Å². The zero-order chi connectivity index (χ0) is 9.80. The zero-order valence-electron chi connectivity index (χ0n) is 8.96. The molecule has 1 saturated carbocycles. The summed E-state index contributed by atoms with van der Waals surface area (Å²) < 4.78 is 0. The van der Waals surface area contributed by atoms with Crippen LogP contribution in [0.25, 0.3) is 0 Å². The molecule has 2 aliphatic rings. The summed E-state index contributed by atoms with van der Waals surface area (Å²) in [5.74, 6) is 0. The van der Waals surface area contributed by atoms with Gasteiger partial charge in [-0.3, -0.25) is 4.99 Å². The molecule has 2 nitrogen and oxygen atoms in total. The van der Waals surface area contributed by atoms with Crippen molar-refractivity contribution >= 4 is 16.9 Å². The summed E-state index contributed by atoms with van der Waals surface area (Å²) in [6.07, 6.45) is 8.14. The smallest absolute Gasteiger partial charge is 0.157 e. The maximum absolute atomic E-state index is 4.55. The molecule has 2 rings (SSSR count). The molecule has 0 aromatic heterocycles. The van der Waals surface area contributed by atoms with Gasteiger partial charge < -0.3 is 5.32 Å². The Labute approximate surface area is 90.9 Å². The van der Waals surface area contributed by atoms with Gasteiger partial charge in [0.2, 0.25) is 0 Å². The molecular formula is C11H20N2S. The number of nitrogens with one attached hydrogen (secondary N) is 1. The first-order valence-electron chi connectivity index (χ1n) is 5.86. The average molecular weight is 212 g/mol. The molecule has 0 aromatic rings. The summed E-state index contributed by atoms with van der Waals surface area (Å²) in [6, 6.07) is 0.714. The molecule has 1 N–H and O–H groups in total. The van der Waals surface area contributed by atoms with Gasteiger partial charge in [-0.1, -0.05) is 37.9 Å². The molecule has 1 atom stereocenters. The van der Waals surface area contributed by atoms with Gasteiger partial charge in [0, 0.05) is 11.3 Å². The lowest BCUT2D eigenvalue weighted by Crippen LogP contribution is -2.34. The Morgan fingerprint density at radius 1 is 1.36 bits per heavy atom. The summed E-state index contributed by atoms with van der Waals surface area (Å²) >= 11 is 1.94. The van der Waals surface area contributed by atoms with E-state index in [2.05, 4.69) is 17.2 Å². The second-order valence-corrected chi connectivity index (χ2v) is 5.56. The van der Waals surface area contributed by atoms with Crippen molar-refractivity contribution in [1.29, 1.82) is 0 Å². The van der Waals surface area contributed by atoms with Crippen molar-refractivity contribution in [2.24, 2.45) is 4.99 Å². The van der Waals surface area contributed by atoms with Crippen LogP contribution < -0.4 is 5.32 Å². The van der Waals surface area contributed by atoms with Crippen molar-refractivity contribution in [3.8, 4) is 0 Å². The van der Waals surface area contributed by atoms with E-state index >= 15 is 0 Å². The Kier molecular flexibility index (Phi) is 3.74. The minimum absolute atomic E-state index is 0.714. The summed E-state index contributed by atoms with van der Waals surface area (Å²) in [7, 11) is 0. The van der Waals surface area contributed by atoms with Crippen LogP contribution >= 0.6 is 11.8 Å². The lowest BCUT2D eigenvalue weighted by Gasteiger charge is -2.23. The Morgan fingerprint density at radius 2 is 2.14 bits per heavy atom. The second-order valence-electron chi connectivity index (χ2n) is 4.27. The topological polar surface area (TPSA) is 24.4 Å². The molecule has 1 fully saturated rings. The van der Waals surface area contributed by atoms with E-state index in [0.29, 0.717) is 6.04 Å². The molecule has 0 amide bonds. The predicted molar refractivity (Wildman–Crippen MR) is 64.0 cm³/mol. The van der Waals surface area contributed by atoms with Gasteiger partial charge in [0.1, 0.15) is 0 Å². The van der Waals surface area contributed by atoms with E-state index in [-0.39, 0.29) is 0 Å². The molecule has 3 heteroatoms. The van der Waals surface area contributed by atoms with E-state index in [0.717, 1.165) is 11.8 Å². The van der Waals surface area contributed by atoms with Crippen LogP contribution in [-0.4, -0.2) is 23.0 Å². The molecule has 1 unspecified atom stereocenters. The molecule has 0 saturated heterocycles. The number of thioether (sulfide) groups is 1. The average Bonchev–Trinajstić information content (AvgIpc) is 2.67. The fraction of sp³-hybridized carbons (Fsp3) is 0.909. The lowest BCUT2D eigenvalue weighted by atomic mass is 9.96. The SMILES string of the molecule is CCC1CN=C(NC2CCCCC2)S1. The van der Waals surface area contributed by atoms with E-state index in [4.69, 9.17) is 0 Å². The molecule has 0 bridgehead atoms. The fourth-order valence-electron chi connectivity index (χ4n) is 2.13. The van der Waals surface area contributed by atoms with Gasteiger partial charge in [0.05, 0.1) is 6.54 Å². The second kappa shape index (κ2) is 5.06. The van der Waals surface area contributed by atoms with Crippen LogP contribution in [0.1, 0.15) is 45.4 Å². The van der Waals surface area contributed by atoms with Crippen LogP contribution in [0.3, 0.4) is 0 Å². The van der Waals surface area contributed by atoms with Crippen LogP contribution in [0.15, 0.2) is 4.99 Å². The first kappa shape index (κ1) is 10.3. The lowest BCUT2D eigenvalue weighted by molar-refractivity contribution is 0.415. The van der Waals surface area contributed by atoms with Gasteiger partial charge in [0.25, 0.3) is 0 Å². The predicted octanol–water partition coefficient (Wildman–Crippen LogP) is 2.79. The van der Waals surface area contributed by atoms with Crippen molar-refractivity contribution in [2.75, 3.05) is 6.54 Å². The van der Waals surface area contributed by atoms with Crippen molar-refractivity contribution in [2.45, 2.75) is 56.7 Å². The number of hydrogen-bond acceptors (Lipinski definition) is 3. The van der Waals surface area contributed by atoms with E-state index in [1.807, 2.05) is 11.8 Å². The fourth-order valence-corrected chi connectivity index (χ4v) is 3.15. The monoisotopic (exact) mass is 212 g/mol. The molecule has 1 aliphatic carbocycles. The molecular weight excluding hydrogens is 192 g/mol.